The van der Waals surface area contributed by atoms with Gasteiger partial charge >= 0.3 is 6.18 Å². The van der Waals surface area contributed by atoms with Gasteiger partial charge in [-0.3, -0.25) is 4.68 Å². The van der Waals surface area contributed by atoms with Crippen LogP contribution in [0.4, 0.5) is 19.0 Å². The summed E-state index contributed by atoms with van der Waals surface area (Å²) >= 11 is 0. The predicted molar refractivity (Wildman–Crippen MR) is 83.7 cm³/mol. The number of aromatic nitrogens is 4. The zero-order chi connectivity index (χ0) is 19.4. The summed E-state index contributed by atoms with van der Waals surface area (Å²) in [6.07, 6.45) is -2.91. The first-order chi connectivity index (χ1) is 12.0. The molecule has 12 heteroatoms. The Morgan fingerprint density at radius 2 is 2.04 bits per heavy atom. The lowest BCUT2D eigenvalue weighted by Gasteiger charge is -2.39. The van der Waals surface area contributed by atoms with Crippen molar-refractivity contribution in [1.29, 1.82) is 5.26 Å². The van der Waals surface area contributed by atoms with Gasteiger partial charge in [-0.05, 0) is 13.8 Å². The molecule has 8 nitrogen and oxygen atoms in total. The minimum absolute atomic E-state index is 0.131. The van der Waals surface area contributed by atoms with Gasteiger partial charge in [0.15, 0.2) is 11.9 Å². The molecule has 0 radical (unpaired) electrons. The van der Waals surface area contributed by atoms with Crippen molar-refractivity contribution >= 4 is 15.8 Å². The van der Waals surface area contributed by atoms with Gasteiger partial charge in [0.25, 0.3) is 10.0 Å². The van der Waals surface area contributed by atoms with Crippen LogP contribution in [0.5, 0.6) is 0 Å². The molecule has 0 N–H and O–H groups in total. The van der Waals surface area contributed by atoms with Gasteiger partial charge in [-0.15, -0.1) is 0 Å². The van der Waals surface area contributed by atoms with E-state index in [1.165, 1.54) is 31.8 Å². The predicted octanol–water partition coefficient (Wildman–Crippen LogP) is 1.89. The zero-order valence-electron chi connectivity index (χ0n) is 14.1. The minimum atomic E-state index is -4.62. The van der Waals surface area contributed by atoms with Crippen LogP contribution in [0.2, 0.25) is 0 Å². The topological polar surface area (TPSA) is 96.8 Å². The average molecular weight is 388 g/mol. The Bertz CT molecular complexity index is 1000. The van der Waals surface area contributed by atoms with Gasteiger partial charge in [0.05, 0.1) is 11.9 Å². The lowest BCUT2D eigenvalue weighted by molar-refractivity contribution is -0.173. The van der Waals surface area contributed by atoms with Crippen LogP contribution in [-0.2, 0) is 17.1 Å². The van der Waals surface area contributed by atoms with Crippen molar-refractivity contribution in [1.82, 2.24) is 19.6 Å². The molecule has 0 aliphatic carbocycles. The second-order valence-corrected chi connectivity index (χ2v) is 7.92. The van der Waals surface area contributed by atoms with Crippen LogP contribution in [0, 0.1) is 18.3 Å². The highest BCUT2D eigenvalue weighted by molar-refractivity contribution is 7.93. The van der Waals surface area contributed by atoms with Crippen LogP contribution in [0.1, 0.15) is 30.6 Å². The second kappa shape index (κ2) is 5.73. The maximum atomic E-state index is 13.4. The standard InChI is InChI=1S/C14H15F3N6O2S/c1-8-4-12(14(15,16)17)22-13(10(5-18)6-19-22)23(8)26(24,25)11-7-21(3)20-9(11)2/h6-8,12H,4H2,1-3H3/t8-,12+/m0/s1. The van der Waals surface area contributed by atoms with Gasteiger partial charge < -0.3 is 0 Å². The van der Waals surface area contributed by atoms with Crippen molar-refractivity contribution in [2.45, 2.75) is 43.4 Å². The van der Waals surface area contributed by atoms with Gasteiger partial charge in [-0.2, -0.15) is 28.6 Å². The molecule has 140 valence electrons. The van der Waals surface area contributed by atoms with Crippen molar-refractivity contribution in [3.8, 4) is 6.07 Å². The molecule has 0 spiro atoms. The quantitative estimate of drug-likeness (QED) is 0.783. The third kappa shape index (κ3) is 2.63. The highest BCUT2D eigenvalue weighted by atomic mass is 32.2. The number of sulfonamides is 1. The molecule has 1 aliphatic heterocycles. The molecule has 0 amide bonds. The Balaban J connectivity index is 2.24. The van der Waals surface area contributed by atoms with E-state index >= 15 is 0 Å². The van der Waals surface area contributed by atoms with E-state index in [-0.39, 0.29) is 22.0 Å². The summed E-state index contributed by atoms with van der Waals surface area (Å²) in [6, 6.07) is -1.31. The molecule has 0 aromatic carbocycles. The highest BCUT2D eigenvalue weighted by Gasteiger charge is 2.50. The second-order valence-electron chi connectivity index (χ2n) is 6.13. The van der Waals surface area contributed by atoms with E-state index in [9.17, 15) is 26.9 Å². The summed E-state index contributed by atoms with van der Waals surface area (Å²) < 4.78 is 69.2. The zero-order valence-corrected chi connectivity index (χ0v) is 14.9. The summed E-state index contributed by atoms with van der Waals surface area (Å²) in [6.45, 7) is 2.86. The van der Waals surface area contributed by atoms with Gasteiger partial charge in [-0.25, -0.2) is 17.4 Å². The summed E-state index contributed by atoms with van der Waals surface area (Å²) in [7, 11) is -2.70. The Hall–Kier alpha value is -2.55. The van der Waals surface area contributed by atoms with Crippen LogP contribution < -0.4 is 4.31 Å². The molecule has 2 atom stereocenters. The number of alkyl halides is 3. The molecule has 26 heavy (non-hydrogen) atoms. The molecule has 0 fully saturated rings. The van der Waals surface area contributed by atoms with Crippen molar-refractivity contribution in [2.75, 3.05) is 4.31 Å². The molecule has 0 saturated carbocycles. The van der Waals surface area contributed by atoms with E-state index in [4.69, 9.17) is 0 Å². The fourth-order valence-corrected chi connectivity index (χ4v) is 5.05. The Labute approximate surface area is 147 Å². The van der Waals surface area contributed by atoms with E-state index in [2.05, 4.69) is 10.2 Å². The molecule has 1 aliphatic rings. The van der Waals surface area contributed by atoms with Crippen molar-refractivity contribution in [3.05, 3.63) is 23.7 Å². The van der Waals surface area contributed by atoms with E-state index in [1.54, 1.807) is 6.07 Å². The van der Waals surface area contributed by atoms with Crippen LogP contribution in [-0.4, -0.2) is 40.2 Å². The van der Waals surface area contributed by atoms with Gasteiger partial charge in [-0.1, -0.05) is 0 Å². The SMILES string of the molecule is Cc1nn(C)cc1S(=O)(=O)N1c2c(C#N)cnn2[C@@H](C(F)(F)F)C[C@@H]1C. The van der Waals surface area contributed by atoms with Crippen molar-refractivity contribution in [3.63, 3.8) is 0 Å². The number of fused-ring (bicyclic) bond motifs is 1. The number of aryl methyl sites for hydroxylation is 2. The maximum absolute atomic E-state index is 13.4. The molecular weight excluding hydrogens is 373 g/mol. The third-order valence-corrected chi connectivity index (χ3v) is 6.25. The van der Waals surface area contributed by atoms with E-state index in [1.807, 2.05) is 0 Å². The number of nitrogens with zero attached hydrogens (tertiary/aromatic N) is 6. The summed E-state index contributed by atoms with van der Waals surface area (Å²) in [5, 5.41) is 16.9. The minimum Gasteiger partial charge on any atom is -0.274 e. The molecule has 0 bridgehead atoms. The molecule has 0 unspecified atom stereocenters. The Morgan fingerprint density at radius 3 is 2.54 bits per heavy atom. The molecule has 3 heterocycles. The van der Waals surface area contributed by atoms with Crippen LogP contribution in [0.3, 0.4) is 0 Å². The molecular formula is C14H15F3N6O2S. The fourth-order valence-electron chi connectivity index (χ4n) is 3.17. The van der Waals surface area contributed by atoms with Gasteiger partial charge in [0.1, 0.15) is 16.5 Å². The lowest BCUT2D eigenvalue weighted by Crippen LogP contribution is -2.48. The van der Waals surface area contributed by atoms with E-state index < -0.39 is 34.7 Å². The summed E-state index contributed by atoms with van der Waals surface area (Å²) in [5.74, 6) is -0.378. The van der Waals surface area contributed by atoms with Crippen molar-refractivity contribution in [2.24, 2.45) is 7.05 Å². The van der Waals surface area contributed by atoms with Crippen LogP contribution in [0.25, 0.3) is 0 Å². The number of rotatable bonds is 2. The first-order valence-corrected chi connectivity index (χ1v) is 9.01. The normalized spacial score (nSPS) is 20.7. The largest absolute Gasteiger partial charge is 0.410 e. The van der Waals surface area contributed by atoms with E-state index in [0.717, 1.165) is 10.5 Å². The number of hydrogen-bond acceptors (Lipinski definition) is 5. The first kappa shape index (κ1) is 18.2. The van der Waals surface area contributed by atoms with E-state index in [0.29, 0.717) is 4.68 Å². The molecule has 0 saturated heterocycles. The van der Waals surface area contributed by atoms with Crippen LogP contribution >= 0.6 is 0 Å². The number of anilines is 1. The monoisotopic (exact) mass is 388 g/mol. The van der Waals surface area contributed by atoms with Gasteiger partial charge in [0, 0.05) is 25.7 Å². The molecule has 2 aromatic heterocycles. The first-order valence-electron chi connectivity index (χ1n) is 7.57. The number of nitriles is 1. The lowest BCUT2D eigenvalue weighted by atomic mass is 10.1. The third-order valence-electron chi connectivity index (χ3n) is 4.24. The highest BCUT2D eigenvalue weighted by Crippen LogP contribution is 2.44. The smallest absolute Gasteiger partial charge is 0.274 e. The molecule has 3 rings (SSSR count). The summed E-state index contributed by atoms with van der Waals surface area (Å²) in [4.78, 5) is -0.131. The summed E-state index contributed by atoms with van der Waals surface area (Å²) in [5.41, 5.74) is -0.0295. The number of halogens is 3. The van der Waals surface area contributed by atoms with Crippen molar-refractivity contribution < 1.29 is 21.6 Å². The fraction of sp³-hybridized carbons (Fsp3) is 0.500. The number of hydrogen-bond donors (Lipinski definition) is 0. The van der Waals surface area contributed by atoms with Crippen LogP contribution in [0.15, 0.2) is 17.3 Å². The Morgan fingerprint density at radius 1 is 1.38 bits per heavy atom. The maximum Gasteiger partial charge on any atom is 0.410 e. The average Bonchev–Trinajstić information content (AvgIpc) is 3.08. The van der Waals surface area contributed by atoms with Gasteiger partial charge in [0.2, 0.25) is 0 Å². The Kier molecular flexibility index (Phi) is 4.02. The molecule has 2 aromatic rings.